The van der Waals surface area contributed by atoms with E-state index in [0.29, 0.717) is 33.7 Å². The Labute approximate surface area is 220 Å². The lowest BCUT2D eigenvalue weighted by molar-refractivity contribution is -0.116. The van der Waals surface area contributed by atoms with Crippen LogP contribution < -0.4 is 20.5 Å². The number of hydrogen-bond donors (Lipinski definition) is 2. The molecule has 0 unspecified atom stereocenters. The van der Waals surface area contributed by atoms with Gasteiger partial charge in [-0.3, -0.25) is 13.9 Å². The quantitative estimate of drug-likeness (QED) is 0.312. The molecule has 0 fully saturated rings. The van der Waals surface area contributed by atoms with Crippen molar-refractivity contribution in [3.8, 4) is 22.6 Å². The second-order valence-corrected chi connectivity index (χ2v) is 8.88. The van der Waals surface area contributed by atoms with E-state index >= 15 is 4.39 Å². The first-order chi connectivity index (χ1) is 18.7. The molecule has 200 valence electrons. The number of H-pyrrole nitrogens is 1. The van der Waals surface area contributed by atoms with Gasteiger partial charge in [-0.05, 0) is 66.6 Å². The number of carbonyl (C=O) groups excluding carboxylic acids is 1. The second-order valence-electron chi connectivity index (χ2n) is 8.88. The molecule has 0 bridgehead atoms. The number of aromatic amines is 1. The van der Waals surface area contributed by atoms with Gasteiger partial charge in [0.15, 0.2) is 23.1 Å². The summed E-state index contributed by atoms with van der Waals surface area (Å²) in [6.45, 7) is 1.52. The first kappa shape index (κ1) is 25.6. The normalized spacial score (nSPS) is 11.1. The van der Waals surface area contributed by atoms with Crippen LogP contribution in [0.25, 0.3) is 22.2 Å². The standard InChI is InChI=1S/C27H24F2N6O4/c1-15-8-19(16-10-20(29)26(22(11-16)38-3)39-13-23-30-14-31-33-23)25-21(9-15)35(27(37)34(25)2)12-24(36)32-18-6-4-17(28)5-7-18/h4-11,14H,12-13H2,1-3H3,(H,32,36)(H,30,31,33). The monoisotopic (exact) mass is 534 g/mol. The van der Waals surface area contributed by atoms with Crippen LogP contribution in [0.1, 0.15) is 11.4 Å². The number of anilines is 1. The molecule has 0 aliphatic carbocycles. The highest BCUT2D eigenvalue weighted by molar-refractivity contribution is 5.96. The fourth-order valence-corrected chi connectivity index (χ4v) is 4.41. The van der Waals surface area contributed by atoms with Crippen molar-refractivity contribution in [1.29, 1.82) is 0 Å². The summed E-state index contributed by atoms with van der Waals surface area (Å²) in [7, 11) is 2.98. The predicted octanol–water partition coefficient (Wildman–Crippen LogP) is 3.94. The van der Waals surface area contributed by atoms with E-state index in [0.717, 1.165) is 5.56 Å². The van der Waals surface area contributed by atoms with E-state index in [-0.39, 0.29) is 24.7 Å². The molecule has 2 heterocycles. The number of hydrogen-bond acceptors (Lipinski definition) is 6. The summed E-state index contributed by atoms with van der Waals surface area (Å²) in [5.74, 6) is -1.07. The van der Waals surface area contributed by atoms with Crippen LogP contribution in [0.2, 0.25) is 0 Å². The van der Waals surface area contributed by atoms with Crippen molar-refractivity contribution in [2.75, 3.05) is 12.4 Å². The number of rotatable bonds is 8. The molecular weight excluding hydrogens is 510 g/mol. The number of carbonyl (C=O) groups is 1. The Morgan fingerprint density at radius 2 is 1.90 bits per heavy atom. The number of aromatic nitrogens is 5. The molecule has 1 amide bonds. The van der Waals surface area contributed by atoms with Gasteiger partial charge >= 0.3 is 5.69 Å². The molecule has 5 rings (SSSR count). The van der Waals surface area contributed by atoms with Gasteiger partial charge in [-0.25, -0.2) is 13.6 Å². The zero-order chi connectivity index (χ0) is 27.7. The van der Waals surface area contributed by atoms with Gasteiger partial charge in [0.05, 0.1) is 18.1 Å². The van der Waals surface area contributed by atoms with Crippen LogP contribution >= 0.6 is 0 Å². The van der Waals surface area contributed by atoms with Crippen LogP contribution in [0, 0.1) is 18.6 Å². The predicted molar refractivity (Wildman–Crippen MR) is 140 cm³/mol. The van der Waals surface area contributed by atoms with Gasteiger partial charge in [0, 0.05) is 18.3 Å². The van der Waals surface area contributed by atoms with E-state index in [4.69, 9.17) is 9.47 Å². The molecule has 0 saturated heterocycles. The third-order valence-electron chi connectivity index (χ3n) is 6.17. The zero-order valence-electron chi connectivity index (χ0n) is 21.3. The lowest BCUT2D eigenvalue weighted by Gasteiger charge is -2.14. The molecule has 0 aliphatic heterocycles. The van der Waals surface area contributed by atoms with Crippen molar-refractivity contribution < 1.29 is 23.0 Å². The van der Waals surface area contributed by atoms with E-state index in [1.807, 2.05) is 13.0 Å². The number of fused-ring (bicyclic) bond motifs is 1. The van der Waals surface area contributed by atoms with Crippen molar-refractivity contribution in [3.63, 3.8) is 0 Å². The largest absolute Gasteiger partial charge is 0.493 e. The third kappa shape index (κ3) is 5.08. The molecule has 12 heteroatoms. The van der Waals surface area contributed by atoms with Crippen molar-refractivity contribution in [2.24, 2.45) is 7.05 Å². The Morgan fingerprint density at radius 1 is 1.13 bits per heavy atom. The van der Waals surface area contributed by atoms with E-state index in [1.54, 1.807) is 19.2 Å². The molecule has 0 radical (unpaired) electrons. The fourth-order valence-electron chi connectivity index (χ4n) is 4.41. The fraction of sp³-hybridized carbons (Fsp3) is 0.185. The average Bonchev–Trinajstić information content (AvgIpc) is 3.51. The van der Waals surface area contributed by atoms with Crippen LogP contribution in [0.4, 0.5) is 14.5 Å². The second kappa shape index (κ2) is 10.4. The number of nitrogens with zero attached hydrogens (tertiary/aromatic N) is 4. The molecule has 0 saturated carbocycles. The smallest absolute Gasteiger partial charge is 0.329 e. The molecule has 0 atom stereocenters. The summed E-state index contributed by atoms with van der Waals surface area (Å²) in [6.07, 6.45) is 1.39. The SMILES string of the molecule is COc1cc(-c2cc(C)cc3c2n(C)c(=O)n3CC(=O)Nc2ccc(F)cc2)cc(F)c1OCc1nnc[nH]1. The van der Waals surface area contributed by atoms with E-state index in [9.17, 15) is 14.0 Å². The molecule has 0 spiro atoms. The van der Waals surface area contributed by atoms with Crippen LogP contribution in [-0.4, -0.2) is 37.3 Å². The summed E-state index contributed by atoms with van der Waals surface area (Å²) in [6, 6.07) is 11.9. The van der Waals surface area contributed by atoms with Gasteiger partial charge in [0.25, 0.3) is 0 Å². The number of ether oxygens (including phenoxy) is 2. The minimum atomic E-state index is -0.665. The number of aryl methyl sites for hydroxylation is 2. The summed E-state index contributed by atoms with van der Waals surface area (Å²) >= 11 is 0. The van der Waals surface area contributed by atoms with E-state index in [2.05, 4.69) is 20.5 Å². The topological polar surface area (TPSA) is 116 Å². The Balaban J connectivity index is 1.53. The molecule has 3 aromatic carbocycles. The molecule has 39 heavy (non-hydrogen) atoms. The summed E-state index contributed by atoms with van der Waals surface area (Å²) < 4.78 is 42.3. The van der Waals surface area contributed by atoms with Gasteiger partial charge in [0.1, 0.15) is 25.3 Å². The Morgan fingerprint density at radius 3 is 2.59 bits per heavy atom. The summed E-state index contributed by atoms with van der Waals surface area (Å²) in [5.41, 5.74) is 2.80. The van der Waals surface area contributed by atoms with Gasteiger partial charge < -0.3 is 19.8 Å². The van der Waals surface area contributed by atoms with Gasteiger partial charge in [0.2, 0.25) is 5.91 Å². The maximum absolute atomic E-state index is 15.3. The van der Waals surface area contributed by atoms with Crippen LogP contribution in [0.3, 0.4) is 0 Å². The number of benzene rings is 3. The molecule has 2 N–H and O–H groups in total. The number of methoxy groups -OCH3 is 1. The Bertz CT molecular complexity index is 1730. The van der Waals surface area contributed by atoms with Gasteiger partial charge in [-0.1, -0.05) is 0 Å². The van der Waals surface area contributed by atoms with Gasteiger partial charge in [-0.15, -0.1) is 10.2 Å². The van der Waals surface area contributed by atoms with Crippen LogP contribution in [-0.2, 0) is 25.0 Å². The van der Waals surface area contributed by atoms with Crippen molar-refractivity contribution in [1.82, 2.24) is 24.3 Å². The van der Waals surface area contributed by atoms with Crippen molar-refractivity contribution >= 4 is 22.6 Å². The molecule has 5 aromatic rings. The highest BCUT2D eigenvalue weighted by Crippen LogP contribution is 2.38. The number of nitrogens with one attached hydrogen (secondary N) is 2. The maximum Gasteiger partial charge on any atom is 0.329 e. The highest BCUT2D eigenvalue weighted by atomic mass is 19.1. The van der Waals surface area contributed by atoms with Crippen molar-refractivity contribution in [3.05, 3.63) is 88.4 Å². The lowest BCUT2D eigenvalue weighted by Crippen LogP contribution is -2.28. The lowest BCUT2D eigenvalue weighted by atomic mass is 10.0. The number of halogens is 2. The summed E-state index contributed by atoms with van der Waals surface area (Å²) in [5, 5.41) is 10.2. The molecule has 10 nitrogen and oxygen atoms in total. The Kier molecular flexibility index (Phi) is 6.84. The van der Waals surface area contributed by atoms with Crippen molar-refractivity contribution in [2.45, 2.75) is 20.1 Å². The van der Waals surface area contributed by atoms with E-state index in [1.165, 1.54) is 52.9 Å². The highest BCUT2D eigenvalue weighted by Gasteiger charge is 2.21. The Hall–Kier alpha value is -5.00. The van der Waals surface area contributed by atoms with E-state index < -0.39 is 23.2 Å². The van der Waals surface area contributed by atoms with Gasteiger partial charge in [-0.2, -0.15) is 0 Å². The molecule has 0 aliphatic rings. The number of imidazole rings is 1. The number of amides is 1. The van der Waals surface area contributed by atoms with Crippen LogP contribution in [0.5, 0.6) is 11.5 Å². The molecular formula is C27H24F2N6O4. The maximum atomic E-state index is 15.3. The minimum absolute atomic E-state index is 0.0430. The average molecular weight is 535 g/mol. The third-order valence-corrected chi connectivity index (χ3v) is 6.17. The minimum Gasteiger partial charge on any atom is -0.493 e. The summed E-state index contributed by atoms with van der Waals surface area (Å²) in [4.78, 5) is 28.8. The first-order valence-electron chi connectivity index (χ1n) is 11.9. The zero-order valence-corrected chi connectivity index (χ0v) is 21.3. The first-order valence-corrected chi connectivity index (χ1v) is 11.9. The molecule has 2 aromatic heterocycles. The van der Waals surface area contributed by atoms with Crippen LogP contribution in [0.15, 0.2) is 59.7 Å².